The molecule has 1 aliphatic rings. The summed E-state index contributed by atoms with van der Waals surface area (Å²) in [5.41, 5.74) is 0. The maximum atomic E-state index is 12.2. The van der Waals surface area contributed by atoms with Gasteiger partial charge in [-0.1, -0.05) is 13.8 Å². The third kappa shape index (κ3) is 4.67. The van der Waals surface area contributed by atoms with Crippen molar-refractivity contribution >= 4 is 12.0 Å². The van der Waals surface area contributed by atoms with Gasteiger partial charge in [-0.3, -0.25) is 4.79 Å². The predicted octanol–water partition coefficient (Wildman–Crippen LogP) is 1.29. The first-order valence-corrected chi connectivity index (χ1v) is 7.35. The fourth-order valence-corrected chi connectivity index (χ4v) is 2.62. The van der Waals surface area contributed by atoms with Gasteiger partial charge in [0, 0.05) is 25.7 Å². The number of aliphatic hydroxyl groups excluding tert-OH is 1. The molecule has 0 saturated carbocycles. The van der Waals surface area contributed by atoms with Crippen LogP contribution in [0.5, 0.6) is 0 Å². The van der Waals surface area contributed by atoms with Crippen LogP contribution in [0.15, 0.2) is 0 Å². The monoisotopic (exact) mass is 286 g/mol. The van der Waals surface area contributed by atoms with Crippen LogP contribution in [-0.2, 0) is 4.79 Å². The van der Waals surface area contributed by atoms with E-state index in [2.05, 4.69) is 5.32 Å². The highest BCUT2D eigenvalue weighted by molar-refractivity contribution is 5.76. The number of carbonyl (C=O) groups excluding carboxylic acids is 1. The van der Waals surface area contributed by atoms with E-state index in [9.17, 15) is 9.59 Å². The second-order valence-electron chi connectivity index (χ2n) is 5.73. The molecule has 6 heteroatoms. The molecule has 116 valence electrons. The van der Waals surface area contributed by atoms with Crippen molar-refractivity contribution in [1.82, 2.24) is 10.2 Å². The zero-order valence-corrected chi connectivity index (χ0v) is 12.3. The number of likely N-dealkylation sites (tertiary alicyclic amines) is 1. The molecule has 2 atom stereocenters. The van der Waals surface area contributed by atoms with E-state index in [1.165, 1.54) is 0 Å². The van der Waals surface area contributed by atoms with E-state index in [1.54, 1.807) is 4.90 Å². The molecule has 0 aromatic heterocycles. The quantitative estimate of drug-likeness (QED) is 0.686. The van der Waals surface area contributed by atoms with Crippen molar-refractivity contribution in [2.24, 2.45) is 11.8 Å². The van der Waals surface area contributed by atoms with E-state index in [-0.39, 0.29) is 31.1 Å². The Kier molecular flexibility index (Phi) is 6.78. The van der Waals surface area contributed by atoms with Crippen molar-refractivity contribution in [2.45, 2.75) is 45.6 Å². The average Bonchev–Trinajstić information content (AvgIpc) is 2.39. The predicted molar refractivity (Wildman–Crippen MR) is 75.4 cm³/mol. The van der Waals surface area contributed by atoms with E-state index < -0.39 is 11.9 Å². The van der Waals surface area contributed by atoms with Crippen LogP contribution in [0.1, 0.15) is 39.5 Å². The highest BCUT2D eigenvalue weighted by Crippen LogP contribution is 2.19. The molecule has 0 aliphatic carbocycles. The first-order valence-electron chi connectivity index (χ1n) is 7.35. The number of piperidine rings is 1. The Morgan fingerprint density at radius 1 is 1.35 bits per heavy atom. The van der Waals surface area contributed by atoms with Crippen molar-refractivity contribution in [3.63, 3.8) is 0 Å². The van der Waals surface area contributed by atoms with Gasteiger partial charge in [0.2, 0.25) is 0 Å². The molecule has 0 radical (unpaired) electrons. The second kappa shape index (κ2) is 8.09. The molecule has 20 heavy (non-hydrogen) atoms. The molecular formula is C14H26N2O4. The lowest BCUT2D eigenvalue weighted by Gasteiger charge is -2.35. The summed E-state index contributed by atoms with van der Waals surface area (Å²) in [6.07, 6.45) is 3.51. The first kappa shape index (κ1) is 16.8. The minimum Gasteiger partial charge on any atom is -0.481 e. The summed E-state index contributed by atoms with van der Waals surface area (Å²) in [6.45, 7) is 4.56. The molecule has 0 aromatic carbocycles. The molecular weight excluding hydrogens is 260 g/mol. The van der Waals surface area contributed by atoms with E-state index >= 15 is 0 Å². The Bertz CT molecular complexity index is 331. The van der Waals surface area contributed by atoms with Crippen LogP contribution in [0.2, 0.25) is 0 Å². The Labute approximate surface area is 120 Å². The molecule has 0 bridgehead atoms. The lowest BCUT2D eigenvalue weighted by atomic mass is 9.96. The Morgan fingerprint density at radius 2 is 2.05 bits per heavy atom. The number of carboxylic acid groups (broad SMARTS) is 1. The fourth-order valence-electron chi connectivity index (χ4n) is 2.62. The molecule has 1 aliphatic heterocycles. The Morgan fingerprint density at radius 3 is 2.60 bits per heavy atom. The highest BCUT2D eigenvalue weighted by Gasteiger charge is 2.28. The molecule has 6 nitrogen and oxygen atoms in total. The number of nitrogens with zero attached hydrogens (tertiary/aromatic N) is 1. The maximum Gasteiger partial charge on any atom is 0.317 e. The van der Waals surface area contributed by atoms with Crippen molar-refractivity contribution in [3.05, 3.63) is 0 Å². The Hall–Kier alpha value is -1.30. The van der Waals surface area contributed by atoms with Gasteiger partial charge in [-0.2, -0.15) is 0 Å². The molecule has 3 N–H and O–H groups in total. The zero-order chi connectivity index (χ0) is 15.1. The van der Waals surface area contributed by atoms with E-state index in [0.29, 0.717) is 13.0 Å². The number of rotatable bonds is 6. The molecule has 2 amide bonds. The number of nitrogens with one attached hydrogen (secondary N) is 1. The Balaban J connectivity index is 2.53. The van der Waals surface area contributed by atoms with Crippen LogP contribution in [0.4, 0.5) is 4.79 Å². The van der Waals surface area contributed by atoms with Gasteiger partial charge < -0.3 is 20.4 Å². The number of amides is 2. The van der Waals surface area contributed by atoms with Crippen molar-refractivity contribution in [2.75, 3.05) is 19.7 Å². The van der Waals surface area contributed by atoms with Crippen LogP contribution in [0, 0.1) is 11.8 Å². The number of carbonyl (C=O) groups is 2. The van der Waals surface area contributed by atoms with Crippen LogP contribution >= 0.6 is 0 Å². The number of aliphatic hydroxyl groups is 1. The lowest BCUT2D eigenvalue weighted by Crippen LogP contribution is -2.50. The number of aliphatic carboxylic acids is 1. The number of hydrogen-bond donors (Lipinski definition) is 3. The third-order valence-corrected chi connectivity index (χ3v) is 3.95. The van der Waals surface area contributed by atoms with Gasteiger partial charge in [-0.25, -0.2) is 4.79 Å². The van der Waals surface area contributed by atoms with Crippen molar-refractivity contribution < 1.29 is 19.8 Å². The summed E-state index contributed by atoms with van der Waals surface area (Å²) in [5, 5.41) is 20.9. The molecule has 0 aromatic rings. The van der Waals surface area contributed by atoms with Crippen LogP contribution in [-0.4, -0.2) is 52.9 Å². The van der Waals surface area contributed by atoms with E-state index in [4.69, 9.17) is 10.2 Å². The van der Waals surface area contributed by atoms with E-state index in [1.807, 2.05) is 13.8 Å². The van der Waals surface area contributed by atoms with Gasteiger partial charge >= 0.3 is 12.0 Å². The summed E-state index contributed by atoms with van der Waals surface area (Å²) in [6, 6.07) is -0.147. The first-order chi connectivity index (χ1) is 9.47. The number of carboxylic acids is 1. The molecule has 0 spiro atoms. The standard InChI is InChI=1S/C14H26N2O4/c1-10(2)12(13(18)19)9-15-14(20)16-7-4-3-5-11(16)6-8-17/h10-12,17H,3-9H2,1-2H3,(H,15,20)(H,18,19). The zero-order valence-electron chi connectivity index (χ0n) is 12.3. The second-order valence-corrected chi connectivity index (χ2v) is 5.73. The topological polar surface area (TPSA) is 89.9 Å². The number of urea groups is 1. The fraction of sp³-hybridized carbons (Fsp3) is 0.857. The summed E-state index contributed by atoms with van der Waals surface area (Å²) in [7, 11) is 0. The summed E-state index contributed by atoms with van der Waals surface area (Å²) in [4.78, 5) is 25.0. The number of hydrogen-bond acceptors (Lipinski definition) is 3. The molecule has 1 rings (SSSR count). The van der Waals surface area contributed by atoms with Gasteiger partial charge in [0.15, 0.2) is 0 Å². The normalized spacial score (nSPS) is 20.8. The minimum atomic E-state index is -0.883. The van der Waals surface area contributed by atoms with Crippen LogP contribution < -0.4 is 5.32 Å². The molecule has 1 fully saturated rings. The van der Waals surface area contributed by atoms with Crippen LogP contribution in [0.3, 0.4) is 0 Å². The van der Waals surface area contributed by atoms with Gasteiger partial charge in [-0.15, -0.1) is 0 Å². The summed E-state index contributed by atoms with van der Waals surface area (Å²) in [5.74, 6) is -1.48. The minimum absolute atomic E-state index is 0.0256. The maximum absolute atomic E-state index is 12.2. The highest BCUT2D eigenvalue weighted by atomic mass is 16.4. The molecule has 1 saturated heterocycles. The summed E-state index contributed by atoms with van der Waals surface area (Å²) >= 11 is 0. The summed E-state index contributed by atoms with van der Waals surface area (Å²) < 4.78 is 0. The van der Waals surface area contributed by atoms with Gasteiger partial charge in [0.1, 0.15) is 0 Å². The largest absolute Gasteiger partial charge is 0.481 e. The van der Waals surface area contributed by atoms with Crippen molar-refractivity contribution in [3.8, 4) is 0 Å². The van der Waals surface area contributed by atoms with Gasteiger partial charge in [-0.05, 0) is 31.6 Å². The molecule has 1 heterocycles. The average molecular weight is 286 g/mol. The third-order valence-electron chi connectivity index (χ3n) is 3.95. The lowest BCUT2D eigenvalue weighted by molar-refractivity contribution is -0.142. The van der Waals surface area contributed by atoms with Gasteiger partial charge in [0.05, 0.1) is 5.92 Å². The molecule has 2 unspecified atom stereocenters. The SMILES string of the molecule is CC(C)C(CNC(=O)N1CCCCC1CCO)C(=O)O. The van der Waals surface area contributed by atoms with Gasteiger partial charge in [0.25, 0.3) is 0 Å². The van der Waals surface area contributed by atoms with E-state index in [0.717, 1.165) is 19.3 Å². The smallest absolute Gasteiger partial charge is 0.317 e. The van der Waals surface area contributed by atoms with Crippen LogP contribution in [0.25, 0.3) is 0 Å². The van der Waals surface area contributed by atoms with Crippen molar-refractivity contribution in [1.29, 1.82) is 0 Å².